The summed E-state index contributed by atoms with van der Waals surface area (Å²) in [4.78, 5) is 151. The number of hydrogen-bond donors (Lipinski definition) is 7. The third-order valence-electron chi connectivity index (χ3n) is 15.5. The van der Waals surface area contributed by atoms with E-state index < -0.39 is 132 Å². The molecule has 8 N–H and O–H groups in total. The summed E-state index contributed by atoms with van der Waals surface area (Å²) < 4.78 is 29.2. The quantitative estimate of drug-likeness (QED) is 0.0382. The monoisotopic (exact) mass is 1240 g/mol. The number of fused-ring (bicyclic) bond motifs is 5. The Morgan fingerprint density at radius 1 is 0.943 bits per heavy atom. The molecule has 3 saturated heterocycles. The van der Waals surface area contributed by atoms with Gasteiger partial charge >= 0.3 is 24.1 Å². The van der Waals surface area contributed by atoms with Gasteiger partial charge in [0.05, 0.1) is 25.3 Å². The zero-order valence-corrected chi connectivity index (χ0v) is 50.9. The van der Waals surface area contributed by atoms with Crippen molar-refractivity contribution in [2.75, 3.05) is 45.1 Å². The zero-order chi connectivity index (χ0) is 64.1. The highest BCUT2D eigenvalue weighted by Gasteiger charge is 2.62. The number of primary amides is 1. The van der Waals surface area contributed by atoms with Crippen LogP contribution in [0.2, 0.25) is 5.02 Å². The Bertz CT molecular complexity index is 3000. The molecule has 9 atom stereocenters. The molecule has 0 unspecified atom stereocenters. The molecule has 10 amide bonds. The molecule has 87 heavy (non-hydrogen) atoms. The van der Waals surface area contributed by atoms with Gasteiger partial charge in [0, 0.05) is 77.5 Å². The molecule has 0 saturated carbocycles. The largest absolute Gasteiger partial charge is 0.495 e. The molecular weight excluding hydrogens is 1160 g/mol. The number of nitrogens with two attached hydrogens (primary N) is 1. The molecule has 0 spiro atoms. The van der Waals surface area contributed by atoms with Crippen LogP contribution in [0, 0.1) is 5.92 Å². The highest BCUT2D eigenvalue weighted by Crippen LogP contribution is 2.47. The number of hydrogen-bond acceptors (Lipinski definition) is 18. The SMILES string of the molecule is COc1cc2cc(c1Cl)N(C)C(=O)C[C@H](OC(=O)[C@H](C)N(C)C(=O)c1ccc(NC(=O)[C@H](CCCNC(N)=O)NC(=O)[C@@H](NC(=O)CCCCC(=O)ON3C(=O)CCC3=O)C(C)C)cc1)[C@]1(C)O[C@H]1C[C@@H]1C[C@@](O)(NC(=O)O1)[C@H](OC)/C=C/C=C(\C)C2. The molecule has 4 aliphatic rings. The summed E-state index contributed by atoms with van der Waals surface area (Å²) >= 11 is 6.82. The van der Waals surface area contributed by atoms with Gasteiger partial charge in [-0.3, -0.25) is 38.9 Å². The Balaban J connectivity index is 1.12. The van der Waals surface area contributed by atoms with Crippen molar-refractivity contribution in [3.63, 3.8) is 0 Å². The maximum atomic E-state index is 14.4. The predicted octanol–water partition coefficient (Wildman–Crippen LogP) is 3.76. The van der Waals surface area contributed by atoms with Crippen molar-refractivity contribution in [2.24, 2.45) is 11.7 Å². The van der Waals surface area contributed by atoms with E-state index in [-0.39, 0.29) is 87.0 Å². The van der Waals surface area contributed by atoms with Gasteiger partial charge in [0.1, 0.15) is 52.8 Å². The first-order chi connectivity index (χ1) is 41.1. The second kappa shape index (κ2) is 30.0. The van der Waals surface area contributed by atoms with Crippen molar-refractivity contribution in [3.05, 3.63) is 76.3 Å². The summed E-state index contributed by atoms with van der Waals surface area (Å²) in [5.74, 6) is -6.18. The molecule has 27 nitrogen and oxygen atoms in total. The number of imide groups is 1. The molecule has 4 bridgehead atoms. The molecule has 2 aromatic carbocycles. The number of epoxide rings is 1. The minimum absolute atomic E-state index is 0.00873. The minimum Gasteiger partial charge on any atom is -0.495 e. The van der Waals surface area contributed by atoms with E-state index in [9.17, 15) is 57.8 Å². The maximum Gasteiger partial charge on any atom is 0.409 e. The number of esters is 1. The first-order valence-corrected chi connectivity index (χ1v) is 28.9. The molecule has 0 radical (unpaired) electrons. The smallest absolute Gasteiger partial charge is 0.409 e. The number of nitrogens with zero attached hydrogens (tertiary/aromatic N) is 3. The second-order valence-electron chi connectivity index (χ2n) is 22.4. The lowest BCUT2D eigenvalue weighted by molar-refractivity contribution is -0.197. The number of unbranched alkanes of at least 4 members (excludes halogenated alkanes) is 1. The molecule has 6 rings (SSSR count). The lowest BCUT2D eigenvalue weighted by atomic mass is 9.90. The van der Waals surface area contributed by atoms with E-state index in [1.165, 1.54) is 64.4 Å². The number of anilines is 2. The summed E-state index contributed by atoms with van der Waals surface area (Å²) in [6.07, 6.45) is 0.271. The lowest BCUT2D eigenvalue weighted by Crippen LogP contribution is -2.62. The number of likely N-dealkylation sites (N-methyl/N-ethyl adjacent to an activating group) is 1. The van der Waals surface area contributed by atoms with Crippen LogP contribution in [0.4, 0.5) is 21.0 Å². The molecule has 4 aliphatic heterocycles. The minimum atomic E-state index is -1.90. The molecule has 2 aromatic rings. The predicted molar refractivity (Wildman–Crippen MR) is 312 cm³/mol. The van der Waals surface area contributed by atoms with Gasteiger partial charge in [0.15, 0.2) is 5.72 Å². The van der Waals surface area contributed by atoms with E-state index >= 15 is 0 Å². The van der Waals surface area contributed by atoms with Crippen LogP contribution in [0.15, 0.2) is 60.2 Å². The average molecular weight is 1240 g/mol. The van der Waals surface area contributed by atoms with Crippen LogP contribution < -0.4 is 42.0 Å². The van der Waals surface area contributed by atoms with E-state index in [0.717, 1.165) is 16.0 Å². The summed E-state index contributed by atoms with van der Waals surface area (Å²) in [7, 11) is 5.72. The third-order valence-corrected chi connectivity index (χ3v) is 15.9. The van der Waals surface area contributed by atoms with Crippen molar-refractivity contribution in [2.45, 2.75) is 166 Å². The van der Waals surface area contributed by atoms with Gasteiger partial charge < -0.3 is 70.4 Å². The van der Waals surface area contributed by atoms with Crippen LogP contribution in [-0.2, 0) is 68.6 Å². The van der Waals surface area contributed by atoms with Crippen molar-refractivity contribution in [3.8, 4) is 5.75 Å². The number of benzene rings is 2. The Morgan fingerprint density at radius 3 is 2.26 bits per heavy atom. The zero-order valence-electron chi connectivity index (χ0n) is 50.2. The van der Waals surface area contributed by atoms with Gasteiger partial charge in [0.25, 0.3) is 17.7 Å². The number of rotatable bonds is 22. The summed E-state index contributed by atoms with van der Waals surface area (Å²) in [6.45, 7) is 8.38. The van der Waals surface area contributed by atoms with Gasteiger partial charge in [-0.15, -0.1) is 5.06 Å². The highest BCUT2D eigenvalue weighted by atomic mass is 35.5. The van der Waals surface area contributed by atoms with E-state index in [2.05, 4.69) is 26.6 Å². The van der Waals surface area contributed by atoms with E-state index in [1.54, 1.807) is 45.1 Å². The van der Waals surface area contributed by atoms with E-state index in [4.69, 9.17) is 45.9 Å². The molecule has 0 aromatic heterocycles. The van der Waals surface area contributed by atoms with Crippen LogP contribution in [0.1, 0.15) is 121 Å². The number of nitrogens with one attached hydrogen (secondary N) is 5. The van der Waals surface area contributed by atoms with Crippen LogP contribution >= 0.6 is 11.6 Å². The second-order valence-corrected chi connectivity index (χ2v) is 22.8. The Morgan fingerprint density at radius 2 is 1.62 bits per heavy atom. The average Bonchev–Trinajstić information content (AvgIpc) is 1.61. The number of aliphatic hydroxyl groups is 1. The maximum absolute atomic E-state index is 14.4. The number of urea groups is 1. The van der Waals surface area contributed by atoms with Gasteiger partial charge in [-0.1, -0.05) is 49.2 Å². The first-order valence-electron chi connectivity index (χ1n) is 28.5. The normalized spacial score (nSPS) is 24.1. The molecule has 3 fully saturated rings. The fourth-order valence-electron chi connectivity index (χ4n) is 10.1. The number of carbonyl (C=O) groups is 11. The Kier molecular flexibility index (Phi) is 23.4. The number of halogens is 1. The van der Waals surface area contributed by atoms with Gasteiger partial charge in [-0.05, 0) is 101 Å². The number of hydroxylamine groups is 2. The van der Waals surface area contributed by atoms with Crippen molar-refractivity contribution in [1.82, 2.24) is 31.2 Å². The number of carbonyl (C=O) groups excluding carboxylic acids is 11. The molecule has 28 heteroatoms. The van der Waals surface area contributed by atoms with Crippen molar-refractivity contribution < 1.29 is 86.4 Å². The summed E-state index contributed by atoms with van der Waals surface area (Å²) in [6, 6.07) is 4.76. The van der Waals surface area contributed by atoms with Gasteiger partial charge in [0.2, 0.25) is 23.6 Å². The van der Waals surface area contributed by atoms with E-state index in [0.29, 0.717) is 22.9 Å². The first kappa shape index (κ1) is 68.0. The van der Waals surface area contributed by atoms with Crippen molar-refractivity contribution in [1.29, 1.82) is 0 Å². The summed E-state index contributed by atoms with van der Waals surface area (Å²) in [5, 5.41) is 25.4. The number of ether oxygens (including phenoxy) is 5. The molecule has 474 valence electrons. The van der Waals surface area contributed by atoms with Gasteiger partial charge in [-0.25, -0.2) is 19.2 Å². The van der Waals surface area contributed by atoms with E-state index in [1.807, 2.05) is 13.0 Å². The van der Waals surface area contributed by atoms with Crippen LogP contribution in [0.5, 0.6) is 5.75 Å². The van der Waals surface area contributed by atoms with Crippen LogP contribution in [0.25, 0.3) is 0 Å². The number of alkyl carbamates (subject to hydrolysis) is 1. The summed E-state index contributed by atoms with van der Waals surface area (Å²) in [5.41, 5.74) is 4.18. The lowest BCUT2D eigenvalue weighted by Gasteiger charge is -2.40. The Hall–Kier alpha value is -8.14. The highest BCUT2D eigenvalue weighted by molar-refractivity contribution is 6.35. The standard InChI is InChI=1S/C59H78ClN9O18/c1-32(2)51(65-45(70)17-10-11-18-49(74)87-69-46(71)23-24-47(69)72)53(76)64-39(15-13-25-62-56(61)79)52(75)63-37-21-19-36(20-22-37)54(77)67(6)34(4)55(78)85-43-30-48(73)68(7)40-27-35(28-41(82-8)50(40)60)26-33(3)14-12-16-42(83-9)59(81)31-38(84-57(80)66-59)29-44-58(43,5)86-44/h12,14,16,19-22,27-28,32,34,38-39,42-44,51,81H,10-11,13,15,17-18,23-26,29-31H2,1-9H3,(H,63,75)(H,64,76)(H,65,70)(H,66,80)(H3,61,62,79)/b16-12+,33-14+/t34-,38+,39-,42+,43-,44-,51-,58-,59-/m0/s1. The van der Waals surface area contributed by atoms with Crippen molar-refractivity contribution >= 4 is 88.4 Å². The fraction of sp³-hybridized carbons (Fsp3) is 0.542. The van der Waals surface area contributed by atoms with Crippen LogP contribution in [0.3, 0.4) is 0 Å². The molecular formula is C59H78ClN9O18. The number of amides is 10. The molecule has 0 aliphatic carbocycles. The number of allylic oxidation sites excluding steroid dienone is 3. The Labute approximate surface area is 508 Å². The van der Waals surface area contributed by atoms with Gasteiger partial charge in [-0.2, -0.15) is 0 Å². The number of methoxy groups -OCH3 is 2. The fourth-order valence-corrected chi connectivity index (χ4v) is 10.5. The molecule has 4 heterocycles. The topological polar surface area (TPSA) is 363 Å². The van der Waals surface area contributed by atoms with Crippen LogP contribution in [-0.4, -0.2) is 169 Å². The third kappa shape index (κ3) is 18.0.